The van der Waals surface area contributed by atoms with Crippen LogP contribution in [0.1, 0.15) is 23.7 Å². The molecule has 0 fully saturated rings. The summed E-state index contributed by atoms with van der Waals surface area (Å²) in [5.41, 5.74) is 0.514. The van der Waals surface area contributed by atoms with Crippen molar-refractivity contribution in [3.05, 3.63) is 34.1 Å². The summed E-state index contributed by atoms with van der Waals surface area (Å²) in [5.74, 6) is -0.406. The van der Waals surface area contributed by atoms with Gasteiger partial charge in [0.05, 0.1) is 4.47 Å². The van der Waals surface area contributed by atoms with E-state index in [9.17, 15) is 9.18 Å². The molecular formula is C14H20BrFN2O. The number of halogens is 2. The standard InChI is InChI=1S/C14H20BrFN2O/c1-4-7-18(9-8-17(2)3)14(19)11-5-6-13(16)12(15)10-11/h5-6,10H,4,7-9H2,1-3H3. The van der Waals surface area contributed by atoms with Crippen molar-refractivity contribution < 1.29 is 9.18 Å². The molecule has 3 nitrogen and oxygen atoms in total. The predicted molar refractivity (Wildman–Crippen MR) is 78.8 cm³/mol. The van der Waals surface area contributed by atoms with Gasteiger partial charge in [0.2, 0.25) is 0 Å². The van der Waals surface area contributed by atoms with Gasteiger partial charge in [-0.05, 0) is 54.6 Å². The molecule has 0 aliphatic heterocycles. The fraction of sp³-hybridized carbons (Fsp3) is 0.500. The van der Waals surface area contributed by atoms with Crippen molar-refractivity contribution in [1.29, 1.82) is 0 Å². The number of amides is 1. The minimum Gasteiger partial charge on any atom is -0.337 e. The highest BCUT2D eigenvalue weighted by Crippen LogP contribution is 2.18. The summed E-state index contributed by atoms with van der Waals surface area (Å²) in [6.07, 6.45) is 0.904. The zero-order valence-electron chi connectivity index (χ0n) is 11.6. The SMILES string of the molecule is CCCN(CCN(C)C)C(=O)c1ccc(F)c(Br)c1. The van der Waals surface area contributed by atoms with Crippen LogP contribution in [0.4, 0.5) is 4.39 Å². The van der Waals surface area contributed by atoms with Gasteiger partial charge in [-0.15, -0.1) is 0 Å². The van der Waals surface area contributed by atoms with Crippen LogP contribution in [0.5, 0.6) is 0 Å². The Morgan fingerprint density at radius 1 is 1.26 bits per heavy atom. The first-order valence-electron chi connectivity index (χ1n) is 6.34. The van der Waals surface area contributed by atoms with Gasteiger partial charge in [0.15, 0.2) is 0 Å². The predicted octanol–water partition coefficient (Wildman–Crippen LogP) is 3.00. The average molecular weight is 331 g/mol. The molecule has 0 heterocycles. The van der Waals surface area contributed by atoms with E-state index in [1.54, 1.807) is 4.90 Å². The first kappa shape index (κ1) is 16.1. The third-order valence-corrected chi connectivity index (χ3v) is 3.37. The van der Waals surface area contributed by atoms with E-state index in [1.165, 1.54) is 18.2 Å². The number of benzene rings is 1. The fourth-order valence-electron chi connectivity index (χ4n) is 1.72. The molecule has 0 aliphatic rings. The van der Waals surface area contributed by atoms with Gasteiger partial charge in [0.25, 0.3) is 5.91 Å². The first-order valence-corrected chi connectivity index (χ1v) is 7.14. The van der Waals surface area contributed by atoms with Crippen molar-refractivity contribution in [2.75, 3.05) is 33.7 Å². The topological polar surface area (TPSA) is 23.6 Å². The summed E-state index contributed by atoms with van der Waals surface area (Å²) in [4.78, 5) is 16.2. The summed E-state index contributed by atoms with van der Waals surface area (Å²) >= 11 is 3.11. The second kappa shape index (κ2) is 7.60. The number of hydrogen-bond donors (Lipinski definition) is 0. The Morgan fingerprint density at radius 2 is 1.95 bits per heavy atom. The molecule has 0 aromatic heterocycles. The molecule has 1 aromatic rings. The lowest BCUT2D eigenvalue weighted by Crippen LogP contribution is -2.37. The Labute approximate surface area is 122 Å². The number of rotatable bonds is 6. The summed E-state index contributed by atoms with van der Waals surface area (Å²) in [7, 11) is 3.95. The van der Waals surface area contributed by atoms with Crippen molar-refractivity contribution >= 4 is 21.8 Å². The summed E-state index contributed by atoms with van der Waals surface area (Å²) in [6.45, 7) is 4.24. The van der Waals surface area contributed by atoms with Crippen LogP contribution in [0.15, 0.2) is 22.7 Å². The monoisotopic (exact) mass is 330 g/mol. The number of carbonyl (C=O) groups excluding carboxylic acids is 1. The van der Waals surface area contributed by atoms with Gasteiger partial charge < -0.3 is 9.80 Å². The quantitative estimate of drug-likeness (QED) is 0.800. The highest BCUT2D eigenvalue weighted by atomic mass is 79.9. The van der Waals surface area contributed by atoms with Gasteiger partial charge in [-0.1, -0.05) is 6.92 Å². The van der Waals surface area contributed by atoms with E-state index in [-0.39, 0.29) is 11.7 Å². The number of hydrogen-bond acceptors (Lipinski definition) is 2. The molecular weight excluding hydrogens is 311 g/mol. The van der Waals surface area contributed by atoms with Crippen molar-refractivity contribution in [3.8, 4) is 0 Å². The summed E-state index contributed by atoms with van der Waals surface area (Å²) in [5, 5.41) is 0. The smallest absolute Gasteiger partial charge is 0.253 e. The minimum absolute atomic E-state index is 0.0515. The Bertz CT molecular complexity index is 437. The van der Waals surface area contributed by atoms with Crippen LogP contribution in [0.25, 0.3) is 0 Å². The number of carbonyl (C=O) groups is 1. The van der Waals surface area contributed by atoms with Crippen LogP contribution in [0.2, 0.25) is 0 Å². The molecule has 19 heavy (non-hydrogen) atoms. The van der Waals surface area contributed by atoms with E-state index in [0.29, 0.717) is 23.1 Å². The lowest BCUT2D eigenvalue weighted by molar-refractivity contribution is 0.0745. The highest BCUT2D eigenvalue weighted by Gasteiger charge is 2.16. The second-order valence-corrected chi connectivity index (χ2v) is 5.58. The molecule has 0 spiro atoms. The lowest BCUT2D eigenvalue weighted by atomic mass is 10.2. The average Bonchev–Trinajstić information content (AvgIpc) is 2.36. The molecule has 1 aromatic carbocycles. The van der Waals surface area contributed by atoms with E-state index >= 15 is 0 Å². The Morgan fingerprint density at radius 3 is 2.47 bits per heavy atom. The van der Waals surface area contributed by atoms with Crippen LogP contribution in [0, 0.1) is 5.82 Å². The van der Waals surface area contributed by atoms with E-state index in [4.69, 9.17) is 0 Å². The van der Waals surface area contributed by atoms with Crippen molar-refractivity contribution in [3.63, 3.8) is 0 Å². The molecule has 106 valence electrons. The van der Waals surface area contributed by atoms with Gasteiger partial charge in [0.1, 0.15) is 5.82 Å². The van der Waals surface area contributed by atoms with E-state index in [0.717, 1.165) is 13.0 Å². The molecule has 5 heteroatoms. The first-order chi connectivity index (χ1) is 8.95. The van der Waals surface area contributed by atoms with Gasteiger partial charge in [0, 0.05) is 25.2 Å². The second-order valence-electron chi connectivity index (χ2n) is 4.72. The van der Waals surface area contributed by atoms with Crippen molar-refractivity contribution in [2.24, 2.45) is 0 Å². The zero-order valence-corrected chi connectivity index (χ0v) is 13.2. The van der Waals surface area contributed by atoms with Gasteiger partial charge in [-0.25, -0.2) is 4.39 Å². The zero-order chi connectivity index (χ0) is 14.4. The fourth-order valence-corrected chi connectivity index (χ4v) is 2.10. The molecule has 0 saturated carbocycles. The van der Waals surface area contributed by atoms with Crippen molar-refractivity contribution in [1.82, 2.24) is 9.80 Å². The summed E-state index contributed by atoms with van der Waals surface area (Å²) in [6, 6.07) is 4.38. The number of likely N-dealkylation sites (N-methyl/N-ethyl adjacent to an activating group) is 1. The third-order valence-electron chi connectivity index (χ3n) is 2.76. The third kappa shape index (κ3) is 4.91. The Hall–Kier alpha value is -0.940. The van der Waals surface area contributed by atoms with Crippen LogP contribution < -0.4 is 0 Å². The van der Waals surface area contributed by atoms with Crippen LogP contribution in [0.3, 0.4) is 0 Å². The largest absolute Gasteiger partial charge is 0.337 e. The van der Waals surface area contributed by atoms with Crippen LogP contribution in [-0.2, 0) is 0 Å². The molecule has 0 unspecified atom stereocenters. The van der Waals surface area contributed by atoms with E-state index in [1.807, 2.05) is 25.9 Å². The molecule has 0 radical (unpaired) electrons. The normalized spacial score (nSPS) is 10.8. The van der Waals surface area contributed by atoms with Crippen LogP contribution in [-0.4, -0.2) is 49.4 Å². The van der Waals surface area contributed by atoms with E-state index in [2.05, 4.69) is 15.9 Å². The minimum atomic E-state index is -0.355. The Kier molecular flexibility index (Phi) is 6.45. The van der Waals surface area contributed by atoms with Gasteiger partial charge in [-0.3, -0.25) is 4.79 Å². The molecule has 0 aliphatic carbocycles. The van der Waals surface area contributed by atoms with Gasteiger partial charge in [-0.2, -0.15) is 0 Å². The van der Waals surface area contributed by atoms with Crippen LogP contribution >= 0.6 is 15.9 Å². The molecule has 1 amide bonds. The van der Waals surface area contributed by atoms with E-state index < -0.39 is 0 Å². The maximum absolute atomic E-state index is 13.2. The molecule has 0 saturated heterocycles. The molecule has 0 bridgehead atoms. The molecule has 0 atom stereocenters. The van der Waals surface area contributed by atoms with Crippen molar-refractivity contribution in [2.45, 2.75) is 13.3 Å². The maximum atomic E-state index is 13.2. The van der Waals surface area contributed by atoms with Gasteiger partial charge >= 0.3 is 0 Å². The maximum Gasteiger partial charge on any atom is 0.253 e. The summed E-state index contributed by atoms with van der Waals surface area (Å²) < 4.78 is 13.5. The highest BCUT2D eigenvalue weighted by molar-refractivity contribution is 9.10. The number of nitrogens with zero attached hydrogens (tertiary/aromatic N) is 2. The molecule has 1 rings (SSSR count). The lowest BCUT2D eigenvalue weighted by Gasteiger charge is -2.24. The Balaban J connectivity index is 2.82. The molecule has 0 N–H and O–H groups in total.